The molecular formula is C35H30N6O4. The molecule has 0 bridgehead atoms. The van der Waals surface area contributed by atoms with Gasteiger partial charge in [-0.2, -0.15) is 9.97 Å². The zero-order chi connectivity index (χ0) is 31.4. The molecule has 224 valence electrons. The molecule has 5 aromatic rings. The van der Waals surface area contributed by atoms with E-state index >= 15 is 0 Å². The lowest BCUT2D eigenvalue weighted by Crippen LogP contribution is -2.22. The topological polar surface area (TPSA) is 119 Å². The molecule has 0 saturated heterocycles. The molecule has 0 aliphatic heterocycles. The van der Waals surface area contributed by atoms with Gasteiger partial charge in [-0.25, -0.2) is 0 Å². The summed E-state index contributed by atoms with van der Waals surface area (Å²) in [5.74, 6) is 0.585. The smallest absolute Gasteiger partial charge is 0.330 e. The number of nitrogens with zero attached hydrogens (tertiary/aromatic N) is 4. The van der Waals surface area contributed by atoms with Crippen LogP contribution in [0.25, 0.3) is 0 Å². The number of carbonyl (C=O) groups is 2. The fourth-order valence-electron chi connectivity index (χ4n) is 4.15. The highest BCUT2D eigenvalue weighted by Gasteiger charge is 2.20. The Morgan fingerprint density at radius 1 is 0.600 bits per heavy atom. The van der Waals surface area contributed by atoms with Crippen molar-refractivity contribution in [2.24, 2.45) is 0 Å². The summed E-state index contributed by atoms with van der Waals surface area (Å²) in [5, 5.41) is 5.48. The molecule has 0 unspecified atom stereocenters. The van der Waals surface area contributed by atoms with Crippen LogP contribution in [0.2, 0.25) is 0 Å². The standard InChI is InChI=1S/C35H30N6O4/c1-3-23-36-31(42)25-15-19-29(20-16-25)44-34-38-33(41(27-11-7-5-8-12-27)28-13-9-6-10-14-28)39-35(40-34)45-30-21-17-26(18-22-30)32(43)37-24-4-2/h3-22H,1-2,23-24H2,(H,36,42)(H,37,43). The van der Waals surface area contributed by atoms with Crippen LogP contribution in [0, 0.1) is 0 Å². The fraction of sp³-hybridized carbons (Fsp3) is 0.0571. The highest BCUT2D eigenvalue weighted by Crippen LogP contribution is 2.34. The molecule has 4 aromatic carbocycles. The number of aromatic nitrogens is 3. The van der Waals surface area contributed by atoms with Gasteiger partial charge in [-0.1, -0.05) is 48.6 Å². The lowest BCUT2D eigenvalue weighted by atomic mass is 10.2. The van der Waals surface area contributed by atoms with E-state index in [2.05, 4.69) is 38.7 Å². The minimum absolute atomic E-state index is 0.0313. The molecule has 0 atom stereocenters. The van der Waals surface area contributed by atoms with Gasteiger partial charge in [-0.3, -0.25) is 14.5 Å². The van der Waals surface area contributed by atoms with Gasteiger partial charge in [0.15, 0.2) is 0 Å². The lowest BCUT2D eigenvalue weighted by molar-refractivity contribution is 0.0950. The maximum absolute atomic E-state index is 12.3. The Labute approximate surface area is 260 Å². The Bertz CT molecular complexity index is 1640. The SMILES string of the molecule is C=CCNC(=O)c1ccc(Oc2nc(Oc3ccc(C(=O)NCC=C)cc3)nc(N(c3ccccc3)c3ccccc3)n2)cc1. The predicted molar refractivity (Wildman–Crippen MR) is 173 cm³/mol. The summed E-state index contributed by atoms with van der Waals surface area (Å²) >= 11 is 0. The summed E-state index contributed by atoms with van der Waals surface area (Å²) in [6.07, 6.45) is 3.22. The number of hydrogen-bond acceptors (Lipinski definition) is 8. The molecule has 0 spiro atoms. The van der Waals surface area contributed by atoms with E-state index in [0.29, 0.717) is 35.7 Å². The summed E-state index contributed by atoms with van der Waals surface area (Å²) in [6, 6.07) is 32.3. The number of carbonyl (C=O) groups excluding carboxylic acids is 2. The van der Waals surface area contributed by atoms with Gasteiger partial charge in [0.2, 0.25) is 5.95 Å². The Kier molecular flexibility index (Phi) is 9.89. The Morgan fingerprint density at radius 2 is 1.00 bits per heavy atom. The van der Waals surface area contributed by atoms with Crippen LogP contribution in [-0.4, -0.2) is 39.9 Å². The van der Waals surface area contributed by atoms with Crippen LogP contribution in [-0.2, 0) is 0 Å². The third-order valence-corrected chi connectivity index (χ3v) is 6.28. The molecule has 0 radical (unpaired) electrons. The second-order valence-electron chi connectivity index (χ2n) is 9.46. The van der Waals surface area contributed by atoms with Gasteiger partial charge in [0.1, 0.15) is 11.5 Å². The van der Waals surface area contributed by atoms with Crippen molar-refractivity contribution >= 4 is 29.1 Å². The highest BCUT2D eigenvalue weighted by molar-refractivity contribution is 5.94. The van der Waals surface area contributed by atoms with Crippen molar-refractivity contribution < 1.29 is 19.1 Å². The molecule has 0 aliphatic rings. The lowest BCUT2D eigenvalue weighted by Gasteiger charge is -2.23. The molecule has 10 nitrogen and oxygen atoms in total. The first-order chi connectivity index (χ1) is 22.0. The molecule has 0 aliphatic carbocycles. The zero-order valence-corrected chi connectivity index (χ0v) is 24.3. The van der Waals surface area contributed by atoms with Crippen LogP contribution in [0.5, 0.6) is 23.5 Å². The summed E-state index contributed by atoms with van der Waals surface area (Å²) in [7, 11) is 0. The fourth-order valence-corrected chi connectivity index (χ4v) is 4.15. The van der Waals surface area contributed by atoms with Crippen LogP contribution in [0.4, 0.5) is 17.3 Å². The van der Waals surface area contributed by atoms with Crippen molar-refractivity contribution in [1.82, 2.24) is 25.6 Å². The first kappa shape index (κ1) is 30.2. The third kappa shape index (κ3) is 7.96. The van der Waals surface area contributed by atoms with Gasteiger partial charge < -0.3 is 20.1 Å². The van der Waals surface area contributed by atoms with E-state index in [1.807, 2.05) is 65.6 Å². The highest BCUT2D eigenvalue weighted by atomic mass is 16.5. The summed E-state index contributed by atoms with van der Waals surface area (Å²) in [5.41, 5.74) is 2.53. The minimum Gasteiger partial charge on any atom is -0.424 e. The summed E-state index contributed by atoms with van der Waals surface area (Å²) < 4.78 is 12.1. The van der Waals surface area contributed by atoms with Crippen molar-refractivity contribution in [3.05, 3.63) is 146 Å². The number of para-hydroxylation sites is 2. The maximum atomic E-state index is 12.3. The average molecular weight is 599 g/mol. The zero-order valence-electron chi connectivity index (χ0n) is 24.3. The van der Waals surface area contributed by atoms with E-state index in [4.69, 9.17) is 9.47 Å². The van der Waals surface area contributed by atoms with Crippen molar-refractivity contribution in [3.8, 4) is 23.5 Å². The largest absolute Gasteiger partial charge is 0.424 e. The molecule has 0 fully saturated rings. The monoisotopic (exact) mass is 598 g/mol. The quantitative estimate of drug-likeness (QED) is 0.143. The van der Waals surface area contributed by atoms with Crippen molar-refractivity contribution in [2.45, 2.75) is 0 Å². The molecule has 2 N–H and O–H groups in total. The number of rotatable bonds is 13. The van der Waals surface area contributed by atoms with Gasteiger partial charge in [0.05, 0.1) is 0 Å². The minimum atomic E-state index is -0.231. The van der Waals surface area contributed by atoms with Gasteiger partial charge in [-0.15, -0.1) is 18.1 Å². The van der Waals surface area contributed by atoms with Crippen LogP contribution in [0.15, 0.2) is 135 Å². The van der Waals surface area contributed by atoms with Gasteiger partial charge >= 0.3 is 12.0 Å². The number of nitrogens with one attached hydrogen (secondary N) is 2. The number of benzene rings is 4. The first-order valence-corrected chi connectivity index (χ1v) is 14.0. The van der Waals surface area contributed by atoms with Crippen molar-refractivity contribution in [1.29, 1.82) is 0 Å². The van der Waals surface area contributed by atoms with E-state index in [0.717, 1.165) is 11.4 Å². The molecule has 1 heterocycles. The number of anilines is 3. The van der Waals surface area contributed by atoms with E-state index in [1.165, 1.54) is 0 Å². The Balaban J connectivity index is 1.50. The van der Waals surface area contributed by atoms with E-state index < -0.39 is 0 Å². The Hall–Kier alpha value is -6.29. The molecule has 5 rings (SSSR count). The molecule has 10 heteroatoms. The summed E-state index contributed by atoms with van der Waals surface area (Å²) in [4.78, 5) is 40.1. The molecule has 2 amide bonds. The summed E-state index contributed by atoms with van der Waals surface area (Å²) in [6.45, 7) is 7.94. The van der Waals surface area contributed by atoms with Gasteiger partial charge in [0.25, 0.3) is 11.8 Å². The number of amides is 2. The van der Waals surface area contributed by atoms with Crippen LogP contribution < -0.4 is 25.0 Å². The van der Waals surface area contributed by atoms with Gasteiger partial charge in [-0.05, 0) is 72.8 Å². The second-order valence-corrected chi connectivity index (χ2v) is 9.46. The normalized spacial score (nSPS) is 10.3. The van der Waals surface area contributed by atoms with Crippen LogP contribution in [0.3, 0.4) is 0 Å². The second kappa shape index (κ2) is 14.7. The third-order valence-electron chi connectivity index (χ3n) is 6.28. The molecule has 45 heavy (non-hydrogen) atoms. The van der Waals surface area contributed by atoms with Crippen LogP contribution in [0.1, 0.15) is 20.7 Å². The average Bonchev–Trinajstić information content (AvgIpc) is 3.08. The molecular weight excluding hydrogens is 568 g/mol. The first-order valence-electron chi connectivity index (χ1n) is 14.0. The predicted octanol–water partition coefficient (Wildman–Crippen LogP) is 6.76. The maximum Gasteiger partial charge on any atom is 0.330 e. The van der Waals surface area contributed by atoms with Gasteiger partial charge in [0, 0.05) is 35.6 Å². The van der Waals surface area contributed by atoms with Crippen molar-refractivity contribution in [2.75, 3.05) is 18.0 Å². The molecule has 0 saturated carbocycles. The molecule has 1 aromatic heterocycles. The number of ether oxygens (including phenoxy) is 2. The number of hydrogen-bond donors (Lipinski definition) is 2. The van der Waals surface area contributed by atoms with E-state index in [1.54, 1.807) is 60.7 Å². The van der Waals surface area contributed by atoms with E-state index in [9.17, 15) is 9.59 Å². The van der Waals surface area contributed by atoms with E-state index in [-0.39, 0.29) is 29.8 Å². The van der Waals surface area contributed by atoms with Crippen LogP contribution >= 0.6 is 0 Å². The Morgan fingerprint density at radius 3 is 1.38 bits per heavy atom. The van der Waals surface area contributed by atoms with Crippen molar-refractivity contribution in [3.63, 3.8) is 0 Å².